The lowest BCUT2D eigenvalue weighted by molar-refractivity contribution is 0.153. The van der Waals surface area contributed by atoms with Gasteiger partial charge in [-0.3, -0.25) is 4.98 Å². The van der Waals surface area contributed by atoms with Crippen LogP contribution in [0.5, 0.6) is 0 Å². The molecule has 0 radical (unpaired) electrons. The number of nitrogens with one attached hydrogen (secondary N) is 1. The topological polar surface area (TPSA) is 67.3 Å². The normalized spacial score (nSPS) is 12.5. The third-order valence-electron chi connectivity index (χ3n) is 1.81. The average molecular weight is 197 g/mol. The summed E-state index contributed by atoms with van der Waals surface area (Å²) < 4.78 is 4.94. The standard InChI is InChI=1S/C9H15N3O2/c1-7-9(11-4-3-10-7)12-8(5-13)6-14-2/h3-4,8,13H,5-6H2,1-2H3,(H,11,12). The third-order valence-corrected chi connectivity index (χ3v) is 1.81. The molecule has 0 bridgehead atoms. The number of anilines is 1. The summed E-state index contributed by atoms with van der Waals surface area (Å²) in [6.45, 7) is 2.30. The van der Waals surface area contributed by atoms with E-state index < -0.39 is 0 Å². The van der Waals surface area contributed by atoms with Crippen LogP contribution in [0, 0.1) is 6.92 Å². The van der Waals surface area contributed by atoms with E-state index in [0.717, 1.165) is 5.69 Å². The highest BCUT2D eigenvalue weighted by Crippen LogP contribution is 2.07. The second kappa shape index (κ2) is 5.51. The zero-order chi connectivity index (χ0) is 10.4. The van der Waals surface area contributed by atoms with Crippen LogP contribution in [0.4, 0.5) is 5.82 Å². The summed E-state index contributed by atoms with van der Waals surface area (Å²) in [5.74, 6) is 0.684. The fraction of sp³-hybridized carbons (Fsp3) is 0.556. The Morgan fingerprint density at radius 1 is 1.50 bits per heavy atom. The van der Waals surface area contributed by atoms with Crippen molar-refractivity contribution in [1.82, 2.24) is 9.97 Å². The molecule has 0 saturated heterocycles. The molecule has 5 heteroatoms. The molecule has 5 nitrogen and oxygen atoms in total. The van der Waals surface area contributed by atoms with E-state index in [0.29, 0.717) is 12.4 Å². The highest BCUT2D eigenvalue weighted by molar-refractivity contribution is 5.39. The monoisotopic (exact) mass is 197 g/mol. The number of aryl methyl sites for hydroxylation is 1. The van der Waals surface area contributed by atoms with Crippen LogP contribution < -0.4 is 5.32 Å². The summed E-state index contributed by atoms with van der Waals surface area (Å²) in [7, 11) is 1.59. The molecule has 0 aliphatic rings. The van der Waals surface area contributed by atoms with Gasteiger partial charge in [0, 0.05) is 19.5 Å². The molecule has 2 N–H and O–H groups in total. The minimum Gasteiger partial charge on any atom is -0.394 e. The zero-order valence-corrected chi connectivity index (χ0v) is 8.40. The molecule has 0 aliphatic carbocycles. The first kappa shape index (κ1) is 10.9. The lowest BCUT2D eigenvalue weighted by Gasteiger charge is -2.16. The van der Waals surface area contributed by atoms with Crippen molar-refractivity contribution < 1.29 is 9.84 Å². The first-order valence-corrected chi connectivity index (χ1v) is 4.42. The summed E-state index contributed by atoms with van der Waals surface area (Å²) in [6.07, 6.45) is 3.24. The average Bonchev–Trinajstić information content (AvgIpc) is 2.20. The number of nitrogens with zero attached hydrogens (tertiary/aromatic N) is 2. The summed E-state index contributed by atoms with van der Waals surface area (Å²) in [5, 5.41) is 12.1. The van der Waals surface area contributed by atoms with E-state index >= 15 is 0 Å². The second-order valence-electron chi connectivity index (χ2n) is 2.97. The van der Waals surface area contributed by atoms with Gasteiger partial charge in [0.2, 0.25) is 0 Å². The molecule has 1 rings (SSSR count). The van der Waals surface area contributed by atoms with Gasteiger partial charge < -0.3 is 15.2 Å². The number of ether oxygens (including phenoxy) is 1. The van der Waals surface area contributed by atoms with Gasteiger partial charge in [0.1, 0.15) is 5.82 Å². The minimum absolute atomic E-state index is 0.00382. The van der Waals surface area contributed by atoms with Crippen molar-refractivity contribution in [3.05, 3.63) is 18.1 Å². The van der Waals surface area contributed by atoms with Crippen LogP contribution in [0.15, 0.2) is 12.4 Å². The number of aliphatic hydroxyl groups excluding tert-OH is 1. The second-order valence-corrected chi connectivity index (χ2v) is 2.97. The van der Waals surface area contributed by atoms with Gasteiger partial charge in [-0.25, -0.2) is 4.98 Å². The molecule has 1 aromatic heterocycles. The van der Waals surface area contributed by atoms with Crippen LogP contribution in [-0.2, 0) is 4.74 Å². The SMILES string of the molecule is COCC(CO)Nc1nccnc1C. The van der Waals surface area contributed by atoms with Crippen LogP contribution in [0.25, 0.3) is 0 Å². The van der Waals surface area contributed by atoms with E-state index in [4.69, 9.17) is 9.84 Å². The number of aromatic nitrogens is 2. The Hall–Kier alpha value is -1.20. The molecule has 0 fully saturated rings. The molecule has 78 valence electrons. The lowest BCUT2D eigenvalue weighted by atomic mass is 10.3. The predicted octanol–water partition coefficient (Wildman–Crippen LogP) is 0.204. The van der Waals surface area contributed by atoms with Crippen LogP contribution in [-0.4, -0.2) is 41.4 Å². The fourth-order valence-electron chi connectivity index (χ4n) is 1.08. The summed E-state index contributed by atoms with van der Waals surface area (Å²) >= 11 is 0. The predicted molar refractivity (Wildman–Crippen MR) is 53.1 cm³/mol. The minimum atomic E-state index is -0.143. The maximum atomic E-state index is 9.02. The molecule has 0 amide bonds. The first-order valence-electron chi connectivity index (χ1n) is 4.42. The molecule has 0 saturated carbocycles. The highest BCUT2D eigenvalue weighted by atomic mass is 16.5. The van der Waals surface area contributed by atoms with E-state index in [1.807, 2.05) is 6.92 Å². The molecular weight excluding hydrogens is 182 g/mol. The fourth-order valence-corrected chi connectivity index (χ4v) is 1.08. The smallest absolute Gasteiger partial charge is 0.147 e. The Labute approximate surface area is 83.2 Å². The summed E-state index contributed by atoms with van der Waals surface area (Å²) in [5.41, 5.74) is 0.807. The molecule has 0 aliphatic heterocycles. The van der Waals surface area contributed by atoms with Crippen LogP contribution in [0.2, 0.25) is 0 Å². The van der Waals surface area contributed by atoms with E-state index in [1.54, 1.807) is 19.5 Å². The molecule has 0 spiro atoms. The molecule has 1 aromatic rings. The van der Waals surface area contributed by atoms with Crippen molar-refractivity contribution in [3.63, 3.8) is 0 Å². The molecule has 1 heterocycles. The first-order chi connectivity index (χ1) is 6.77. The number of hydrogen-bond acceptors (Lipinski definition) is 5. The van der Waals surface area contributed by atoms with Crippen molar-refractivity contribution in [2.24, 2.45) is 0 Å². The van der Waals surface area contributed by atoms with Gasteiger partial charge in [-0.2, -0.15) is 0 Å². The van der Waals surface area contributed by atoms with Crippen LogP contribution in [0.1, 0.15) is 5.69 Å². The highest BCUT2D eigenvalue weighted by Gasteiger charge is 2.08. The van der Waals surface area contributed by atoms with Crippen molar-refractivity contribution in [2.45, 2.75) is 13.0 Å². The molecular formula is C9H15N3O2. The van der Waals surface area contributed by atoms with E-state index in [2.05, 4.69) is 15.3 Å². The molecule has 0 aromatic carbocycles. The van der Waals surface area contributed by atoms with Crippen LogP contribution in [0.3, 0.4) is 0 Å². The Balaban J connectivity index is 2.62. The molecule has 14 heavy (non-hydrogen) atoms. The number of rotatable bonds is 5. The number of methoxy groups -OCH3 is 1. The zero-order valence-electron chi connectivity index (χ0n) is 8.40. The third kappa shape index (κ3) is 2.93. The van der Waals surface area contributed by atoms with Gasteiger partial charge in [0.25, 0.3) is 0 Å². The largest absolute Gasteiger partial charge is 0.394 e. The van der Waals surface area contributed by atoms with Crippen LogP contribution >= 0.6 is 0 Å². The Morgan fingerprint density at radius 3 is 2.79 bits per heavy atom. The molecule has 1 atom stereocenters. The summed E-state index contributed by atoms with van der Waals surface area (Å²) in [4.78, 5) is 8.19. The van der Waals surface area contributed by atoms with E-state index in [-0.39, 0.29) is 12.6 Å². The number of aliphatic hydroxyl groups is 1. The maximum Gasteiger partial charge on any atom is 0.147 e. The van der Waals surface area contributed by atoms with Crippen molar-refractivity contribution in [3.8, 4) is 0 Å². The van der Waals surface area contributed by atoms with Gasteiger partial charge in [0.15, 0.2) is 0 Å². The van der Waals surface area contributed by atoms with Gasteiger partial charge in [-0.15, -0.1) is 0 Å². The molecule has 1 unspecified atom stereocenters. The Bertz CT molecular complexity index is 281. The lowest BCUT2D eigenvalue weighted by Crippen LogP contribution is -2.29. The van der Waals surface area contributed by atoms with Crippen molar-refractivity contribution >= 4 is 5.82 Å². The quantitative estimate of drug-likeness (QED) is 0.706. The Kier molecular flexibility index (Phi) is 4.28. The van der Waals surface area contributed by atoms with Gasteiger partial charge >= 0.3 is 0 Å². The van der Waals surface area contributed by atoms with Gasteiger partial charge in [-0.05, 0) is 6.92 Å². The van der Waals surface area contributed by atoms with Gasteiger partial charge in [0.05, 0.1) is 24.9 Å². The van der Waals surface area contributed by atoms with Gasteiger partial charge in [-0.1, -0.05) is 0 Å². The summed E-state index contributed by atoms with van der Waals surface area (Å²) in [6, 6.07) is -0.143. The van der Waals surface area contributed by atoms with Crippen molar-refractivity contribution in [1.29, 1.82) is 0 Å². The maximum absolute atomic E-state index is 9.02. The number of hydrogen-bond donors (Lipinski definition) is 2. The Morgan fingerprint density at radius 2 is 2.21 bits per heavy atom. The van der Waals surface area contributed by atoms with E-state index in [9.17, 15) is 0 Å². The van der Waals surface area contributed by atoms with E-state index in [1.165, 1.54) is 0 Å². The van der Waals surface area contributed by atoms with Crippen molar-refractivity contribution in [2.75, 3.05) is 25.6 Å².